The normalized spacial score (nSPS) is 22.1. The van der Waals surface area contributed by atoms with Gasteiger partial charge in [0.1, 0.15) is 5.82 Å². The van der Waals surface area contributed by atoms with Crippen LogP contribution in [-0.4, -0.2) is 18.1 Å². The molecule has 2 rings (SSSR count). The molecule has 1 unspecified atom stereocenters. The van der Waals surface area contributed by atoms with Gasteiger partial charge in [-0.2, -0.15) is 0 Å². The summed E-state index contributed by atoms with van der Waals surface area (Å²) in [4.78, 5) is 7.01. The summed E-state index contributed by atoms with van der Waals surface area (Å²) in [6.45, 7) is 6.58. The van der Waals surface area contributed by atoms with Crippen LogP contribution in [0.25, 0.3) is 0 Å². The van der Waals surface area contributed by atoms with Crippen LogP contribution in [0.4, 0.5) is 5.82 Å². The van der Waals surface area contributed by atoms with Gasteiger partial charge in [0, 0.05) is 25.3 Å². The number of pyridine rings is 1. The van der Waals surface area contributed by atoms with Gasteiger partial charge in [-0.1, -0.05) is 25.8 Å². The van der Waals surface area contributed by atoms with Crippen LogP contribution < -0.4 is 10.6 Å². The summed E-state index contributed by atoms with van der Waals surface area (Å²) >= 11 is 0. The van der Waals surface area contributed by atoms with E-state index in [-0.39, 0.29) is 6.04 Å². The number of hydrogen-bond donors (Lipinski definition) is 1. The molecule has 1 aliphatic heterocycles. The van der Waals surface area contributed by atoms with Crippen molar-refractivity contribution in [2.45, 2.75) is 52.0 Å². The maximum atomic E-state index is 5.87. The molecule has 2 atom stereocenters. The smallest absolute Gasteiger partial charge is 0.128 e. The first kappa shape index (κ1) is 14.3. The van der Waals surface area contributed by atoms with Crippen LogP contribution in [0.1, 0.15) is 57.6 Å². The van der Waals surface area contributed by atoms with Gasteiger partial charge in [0.2, 0.25) is 0 Å². The standard InChI is InChI=1S/C16H27N3/c1-3-5-14-6-4-10-19(11-9-14)16-8-7-15(12-18-16)13(2)17/h7-8,12-14H,3-6,9-11,17H2,1-2H3/t13-,14?/m0/s1. The molecule has 0 bridgehead atoms. The lowest BCUT2D eigenvalue weighted by atomic mass is 9.96. The topological polar surface area (TPSA) is 42.1 Å². The van der Waals surface area contributed by atoms with E-state index >= 15 is 0 Å². The Kier molecular flexibility index (Phi) is 5.20. The molecule has 2 N–H and O–H groups in total. The van der Waals surface area contributed by atoms with Gasteiger partial charge in [-0.3, -0.25) is 0 Å². The van der Waals surface area contributed by atoms with E-state index in [1.54, 1.807) is 0 Å². The van der Waals surface area contributed by atoms with Crippen LogP contribution in [0.15, 0.2) is 18.3 Å². The average Bonchev–Trinajstić information content (AvgIpc) is 2.65. The van der Waals surface area contributed by atoms with Crippen molar-refractivity contribution in [1.82, 2.24) is 4.98 Å². The second-order valence-electron chi connectivity index (χ2n) is 5.81. The second kappa shape index (κ2) is 6.90. The Labute approximate surface area is 117 Å². The van der Waals surface area contributed by atoms with Gasteiger partial charge in [-0.25, -0.2) is 4.98 Å². The van der Waals surface area contributed by atoms with E-state index in [0.29, 0.717) is 0 Å². The lowest BCUT2D eigenvalue weighted by molar-refractivity contribution is 0.435. The third-order valence-corrected chi connectivity index (χ3v) is 4.17. The first-order valence-electron chi connectivity index (χ1n) is 7.67. The molecule has 0 saturated carbocycles. The Morgan fingerprint density at radius 3 is 2.84 bits per heavy atom. The Bertz CT molecular complexity index is 372. The van der Waals surface area contributed by atoms with Crippen molar-refractivity contribution in [3.63, 3.8) is 0 Å². The molecule has 0 amide bonds. The van der Waals surface area contributed by atoms with Gasteiger partial charge in [-0.15, -0.1) is 0 Å². The Morgan fingerprint density at radius 2 is 2.21 bits per heavy atom. The van der Waals surface area contributed by atoms with E-state index in [9.17, 15) is 0 Å². The van der Waals surface area contributed by atoms with Crippen LogP contribution >= 0.6 is 0 Å². The van der Waals surface area contributed by atoms with E-state index in [4.69, 9.17) is 5.73 Å². The van der Waals surface area contributed by atoms with Crippen molar-refractivity contribution in [2.75, 3.05) is 18.0 Å². The second-order valence-corrected chi connectivity index (χ2v) is 5.81. The highest BCUT2D eigenvalue weighted by Crippen LogP contribution is 2.24. The predicted molar refractivity (Wildman–Crippen MR) is 81.3 cm³/mol. The minimum atomic E-state index is 0.0691. The minimum absolute atomic E-state index is 0.0691. The third kappa shape index (κ3) is 3.93. The minimum Gasteiger partial charge on any atom is -0.357 e. The fourth-order valence-electron chi connectivity index (χ4n) is 2.95. The highest BCUT2D eigenvalue weighted by Gasteiger charge is 2.17. The SMILES string of the molecule is CCCC1CCCN(c2ccc([C@H](C)N)cn2)CC1. The Balaban J connectivity index is 1.97. The lowest BCUT2D eigenvalue weighted by Crippen LogP contribution is -2.25. The molecule has 2 heterocycles. The highest BCUT2D eigenvalue weighted by atomic mass is 15.2. The first-order valence-corrected chi connectivity index (χ1v) is 7.67. The lowest BCUT2D eigenvalue weighted by Gasteiger charge is -2.22. The van der Waals surface area contributed by atoms with Crippen LogP contribution in [-0.2, 0) is 0 Å². The highest BCUT2D eigenvalue weighted by molar-refractivity contribution is 5.39. The van der Waals surface area contributed by atoms with E-state index < -0.39 is 0 Å². The number of nitrogens with zero attached hydrogens (tertiary/aromatic N) is 2. The van der Waals surface area contributed by atoms with Crippen molar-refractivity contribution in [3.05, 3.63) is 23.9 Å². The van der Waals surface area contributed by atoms with Crippen molar-refractivity contribution in [3.8, 4) is 0 Å². The average molecular weight is 261 g/mol. The van der Waals surface area contributed by atoms with E-state index in [1.807, 2.05) is 13.1 Å². The summed E-state index contributed by atoms with van der Waals surface area (Å²) in [6.07, 6.45) is 8.60. The molecule has 0 spiro atoms. The van der Waals surface area contributed by atoms with Gasteiger partial charge >= 0.3 is 0 Å². The summed E-state index contributed by atoms with van der Waals surface area (Å²) in [5.41, 5.74) is 6.98. The van der Waals surface area contributed by atoms with Crippen molar-refractivity contribution in [1.29, 1.82) is 0 Å². The van der Waals surface area contributed by atoms with E-state index in [1.165, 1.54) is 32.1 Å². The molecular formula is C16H27N3. The zero-order chi connectivity index (χ0) is 13.7. The predicted octanol–water partition coefficient (Wildman–Crippen LogP) is 3.51. The molecule has 3 nitrogen and oxygen atoms in total. The van der Waals surface area contributed by atoms with Gasteiger partial charge < -0.3 is 10.6 Å². The molecule has 3 heteroatoms. The van der Waals surface area contributed by atoms with Crippen LogP contribution in [0, 0.1) is 5.92 Å². The van der Waals surface area contributed by atoms with Crippen molar-refractivity contribution >= 4 is 5.82 Å². The zero-order valence-corrected chi connectivity index (χ0v) is 12.3. The Hall–Kier alpha value is -1.09. The first-order chi connectivity index (χ1) is 9.20. The summed E-state index contributed by atoms with van der Waals surface area (Å²) in [6, 6.07) is 4.31. The van der Waals surface area contributed by atoms with E-state index in [0.717, 1.165) is 30.4 Å². The molecule has 1 aliphatic rings. The molecule has 1 aromatic rings. The quantitative estimate of drug-likeness (QED) is 0.902. The van der Waals surface area contributed by atoms with Crippen LogP contribution in [0.2, 0.25) is 0 Å². The van der Waals surface area contributed by atoms with Gasteiger partial charge in [0.05, 0.1) is 0 Å². The zero-order valence-electron chi connectivity index (χ0n) is 12.3. The molecule has 1 saturated heterocycles. The Morgan fingerprint density at radius 1 is 1.37 bits per heavy atom. The van der Waals surface area contributed by atoms with Crippen LogP contribution in [0.3, 0.4) is 0 Å². The summed E-state index contributed by atoms with van der Waals surface area (Å²) in [5.74, 6) is 2.03. The van der Waals surface area contributed by atoms with Crippen molar-refractivity contribution in [2.24, 2.45) is 11.7 Å². The van der Waals surface area contributed by atoms with Gasteiger partial charge in [0.15, 0.2) is 0 Å². The van der Waals surface area contributed by atoms with Gasteiger partial charge in [0.25, 0.3) is 0 Å². The molecular weight excluding hydrogens is 234 g/mol. The fraction of sp³-hybridized carbons (Fsp3) is 0.688. The van der Waals surface area contributed by atoms with Crippen LogP contribution in [0.5, 0.6) is 0 Å². The number of nitrogens with two attached hydrogens (primary N) is 1. The molecule has 0 radical (unpaired) electrons. The third-order valence-electron chi connectivity index (χ3n) is 4.17. The summed E-state index contributed by atoms with van der Waals surface area (Å²) in [5, 5.41) is 0. The molecule has 19 heavy (non-hydrogen) atoms. The molecule has 106 valence electrons. The summed E-state index contributed by atoms with van der Waals surface area (Å²) in [7, 11) is 0. The van der Waals surface area contributed by atoms with Gasteiger partial charge in [-0.05, 0) is 43.7 Å². The monoisotopic (exact) mass is 261 g/mol. The number of anilines is 1. The largest absolute Gasteiger partial charge is 0.357 e. The fourth-order valence-corrected chi connectivity index (χ4v) is 2.95. The number of rotatable bonds is 4. The molecule has 0 aromatic carbocycles. The maximum absolute atomic E-state index is 5.87. The maximum Gasteiger partial charge on any atom is 0.128 e. The summed E-state index contributed by atoms with van der Waals surface area (Å²) < 4.78 is 0. The van der Waals surface area contributed by atoms with Crippen molar-refractivity contribution < 1.29 is 0 Å². The number of hydrogen-bond acceptors (Lipinski definition) is 3. The molecule has 0 aliphatic carbocycles. The number of aromatic nitrogens is 1. The molecule has 1 aromatic heterocycles. The molecule has 1 fully saturated rings. The van der Waals surface area contributed by atoms with E-state index in [2.05, 4.69) is 28.9 Å².